The molecular formula is C18H21ClN4O5. The second-order valence-corrected chi connectivity index (χ2v) is 6.78. The standard InChI is InChI=1S/C18H21ClN4O5/c1-27-17(25)11-28-14-7-6-12(9-13(14)19)20-16(24)10-23-18(26)22-8-4-2-3-5-15(22)21-23/h6-7,9H,2-5,8,10-11H2,1H3,(H,20,24). The minimum absolute atomic E-state index is 0.183. The van der Waals surface area contributed by atoms with Crippen molar-refractivity contribution in [1.29, 1.82) is 0 Å². The maximum atomic E-state index is 12.4. The molecule has 1 aromatic carbocycles. The van der Waals surface area contributed by atoms with Crippen molar-refractivity contribution in [2.75, 3.05) is 19.0 Å². The molecule has 0 unspecified atom stereocenters. The third kappa shape index (κ3) is 4.72. The SMILES string of the molecule is COC(=O)COc1ccc(NC(=O)Cn2nc3n(c2=O)CCCCC3)cc1Cl. The van der Waals surface area contributed by atoms with Crippen LogP contribution in [0, 0.1) is 0 Å². The average molecular weight is 409 g/mol. The molecule has 1 aliphatic rings. The fourth-order valence-electron chi connectivity index (χ4n) is 2.96. The van der Waals surface area contributed by atoms with Crippen LogP contribution in [-0.4, -0.2) is 39.9 Å². The smallest absolute Gasteiger partial charge is 0.346 e. The largest absolute Gasteiger partial charge is 0.480 e. The number of aromatic nitrogens is 3. The van der Waals surface area contributed by atoms with Gasteiger partial charge in [0.2, 0.25) is 5.91 Å². The predicted molar refractivity (Wildman–Crippen MR) is 102 cm³/mol. The summed E-state index contributed by atoms with van der Waals surface area (Å²) in [4.78, 5) is 35.8. The number of esters is 1. The molecule has 0 saturated carbocycles. The van der Waals surface area contributed by atoms with Gasteiger partial charge in [-0.3, -0.25) is 9.36 Å². The van der Waals surface area contributed by atoms with E-state index in [2.05, 4.69) is 15.2 Å². The van der Waals surface area contributed by atoms with Gasteiger partial charge in [-0.1, -0.05) is 18.0 Å². The van der Waals surface area contributed by atoms with Crippen LogP contribution in [0.1, 0.15) is 25.1 Å². The molecule has 2 aromatic rings. The number of nitrogens with one attached hydrogen (secondary N) is 1. The van der Waals surface area contributed by atoms with Crippen LogP contribution in [0.5, 0.6) is 5.75 Å². The molecule has 3 rings (SSSR count). The molecule has 0 spiro atoms. The number of rotatable bonds is 6. The van der Waals surface area contributed by atoms with Gasteiger partial charge in [-0.25, -0.2) is 14.3 Å². The van der Waals surface area contributed by atoms with Gasteiger partial charge in [-0.05, 0) is 31.0 Å². The monoisotopic (exact) mass is 408 g/mol. The molecule has 1 aliphatic heterocycles. The highest BCUT2D eigenvalue weighted by Gasteiger charge is 2.17. The summed E-state index contributed by atoms with van der Waals surface area (Å²) < 4.78 is 12.6. The van der Waals surface area contributed by atoms with Gasteiger partial charge >= 0.3 is 11.7 Å². The number of hydrogen-bond donors (Lipinski definition) is 1. The van der Waals surface area contributed by atoms with Gasteiger partial charge in [0.1, 0.15) is 18.1 Å². The number of benzene rings is 1. The number of hydrogen-bond acceptors (Lipinski definition) is 6. The van der Waals surface area contributed by atoms with E-state index < -0.39 is 11.9 Å². The van der Waals surface area contributed by atoms with Crippen molar-refractivity contribution in [3.05, 3.63) is 39.5 Å². The van der Waals surface area contributed by atoms with E-state index in [0.717, 1.165) is 31.5 Å². The minimum atomic E-state index is -0.530. The summed E-state index contributed by atoms with van der Waals surface area (Å²) in [5, 5.41) is 7.19. The Bertz CT molecular complexity index is 937. The normalized spacial score (nSPS) is 13.4. The van der Waals surface area contributed by atoms with Crippen LogP contribution in [0.3, 0.4) is 0 Å². The number of amides is 1. The molecular weight excluding hydrogens is 388 g/mol. The number of ether oxygens (including phenoxy) is 2. The van der Waals surface area contributed by atoms with Gasteiger partial charge in [0.15, 0.2) is 6.61 Å². The number of halogens is 1. The van der Waals surface area contributed by atoms with Gasteiger partial charge in [-0.15, -0.1) is 0 Å². The Morgan fingerprint density at radius 3 is 2.86 bits per heavy atom. The molecule has 0 aliphatic carbocycles. The van der Waals surface area contributed by atoms with E-state index in [4.69, 9.17) is 16.3 Å². The molecule has 1 amide bonds. The van der Waals surface area contributed by atoms with Crippen LogP contribution in [0.15, 0.2) is 23.0 Å². The number of methoxy groups -OCH3 is 1. The number of aryl methyl sites for hydroxylation is 1. The van der Waals surface area contributed by atoms with Crippen molar-refractivity contribution in [3.63, 3.8) is 0 Å². The summed E-state index contributed by atoms with van der Waals surface area (Å²) in [5.41, 5.74) is 0.172. The number of carbonyl (C=O) groups excluding carboxylic acids is 2. The molecule has 150 valence electrons. The van der Waals surface area contributed by atoms with E-state index in [1.54, 1.807) is 10.6 Å². The lowest BCUT2D eigenvalue weighted by Crippen LogP contribution is -2.30. The molecule has 9 nitrogen and oxygen atoms in total. The Hall–Kier alpha value is -2.81. The first kappa shape index (κ1) is 19.9. The molecule has 2 heterocycles. The van der Waals surface area contributed by atoms with Crippen molar-refractivity contribution in [2.24, 2.45) is 0 Å². The van der Waals surface area contributed by atoms with Crippen LogP contribution in [0.2, 0.25) is 5.02 Å². The fourth-order valence-corrected chi connectivity index (χ4v) is 3.19. The van der Waals surface area contributed by atoms with Crippen LogP contribution in [-0.2, 0) is 33.8 Å². The number of carbonyl (C=O) groups is 2. The average Bonchev–Trinajstić information content (AvgIpc) is 2.84. The summed E-state index contributed by atoms with van der Waals surface area (Å²) in [6.07, 6.45) is 3.75. The molecule has 0 atom stereocenters. The third-order valence-corrected chi connectivity index (χ3v) is 4.66. The summed E-state index contributed by atoms with van der Waals surface area (Å²) in [6.45, 7) is 0.186. The van der Waals surface area contributed by atoms with E-state index in [9.17, 15) is 14.4 Å². The van der Waals surface area contributed by atoms with E-state index in [1.807, 2.05) is 0 Å². The van der Waals surface area contributed by atoms with Crippen molar-refractivity contribution >= 4 is 29.2 Å². The summed E-state index contributed by atoms with van der Waals surface area (Å²) in [5.74, 6) is 0.0941. The van der Waals surface area contributed by atoms with Gasteiger partial charge in [0.05, 0.1) is 12.1 Å². The lowest BCUT2D eigenvalue weighted by atomic mass is 10.2. The van der Waals surface area contributed by atoms with Gasteiger partial charge in [0, 0.05) is 18.7 Å². The molecule has 0 bridgehead atoms. The Morgan fingerprint density at radius 1 is 1.29 bits per heavy atom. The topological polar surface area (TPSA) is 104 Å². The zero-order valence-corrected chi connectivity index (χ0v) is 16.2. The van der Waals surface area contributed by atoms with Crippen LogP contribution in [0.4, 0.5) is 5.69 Å². The molecule has 10 heteroatoms. The quantitative estimate of drug-likeness (QED) is 0.728. The zero-order chi connectivity index (χ0) is 20.1. The van der Waals surface area contributed by atoms with Crippen molar-refractivity contribution < 1.29 is 19.1 Å². The van der Waals surface area contributed by atoms with Crippen molar-refractivity contribution in [3.8, 4) is 5.75 Å². The summed E-state index contributed by atoms with van der Waals surface area (Å²) in [7, 11) is 1.26. The van der Waals surface area contributed by atoms with Crippen LogP contribution < -0.4 is 15.7 Å². The Labute approximate surface area is 166 Å². The summed E-state index contributed by atoms with van der Waals surface area (Å²) in [6, 6.07) is 4.62. The molecule has 1 aromatic heterocycles. The first-order chi connectivity index (χ1) is 13.5. The Balaban J connectivity index is 1.63. The number of anilines is 1. The fraction of sp³-hybridized carbons (Fsp3) is 0.444. The number of nitrogens with zero attached hydrogens (tertiary/aromatic N) is 3. The predicted octanol–water partition coefficient (Wildman–Crippen LogP) is 1.62. The van der Waals surface area contributed by atoms with Crippen LogP contribution >= 0.6 is 11.6 Å². The number of fused-ring (bicyclic) bond motifs is 1. The lowest BCUT2D eigenvalue weighted by molar-refractivity contribution is -0.142. The van der Waals surface area contributed by atoms with E-state index in [-0.39, 0.29) is 23.9 Å². The van der Waals surface area contributed by atoms with Gasteiger partial charge in [-0.2, -0.15) is 5.10 Å². The molecule has 0 fully saturated rings. The van der Waals surface area contributed by atoms with Crippen LogP contribution in [0.25, 0.3) is 0 Å². The molecule has 0 radical (unpaired) electrons. The maximum Gasteiger partial charge on any atom is 0.346 e. The lowest BCUT2D eigenvalue weighted by Gasteiger charge is -2.09. The molecule has 0 saturated heterocycles. The molecule has 1 N–H and O–H groups in total. The van der Waals surface area contributed by atoms with Crippen molar-refractivity contribution in [2.45, 2.75) is 38.8 Å². The molecule has 28 heavy (non-hydrogen) atoms. The highest BCUT2D eigenvalue weighted by atomic mass is 35.5. The summed E-state index contributed by atoms with van der Waals surface area (Å²) >= 11 is 6.11. The Morgan fingerprint density at radius 2 is 2.11 bits per heavy atom. The highest BCUT2D eigenvalue weighted by molar-refractivity contribution is 6.32. The first-order valence-corrected chi connectivity index (χ1v) is 9.31. The van der Waals surface area contributed by atoms with Gasteiger partial charge < -0.3 is 14.8 Å². The van der Waals surface area contributed by atoms with E-state index >= 15 is 0 Å². The first-order valence-electron chi connectivity index (χ1n) is 8.93. The third-order valence-electron chi connectivity index (χ3n) is 4.36. The van der Waals surface area contributed by atoms with Gasteiger partial charge in [0.25, 0.3) is 0 Å². The maximum absolute atomic E-state index is 12.4. The second-order valence-electron chi connectivity index (χ2n) is 6.38. The minimum Gasteiger partial charge on any atom is -0.480 e. The second kappa shape index (κ2) is 8.92. The van der Waals surface area contributed by atoms with E-state index in [0.29, 0.717) is 18.0 Å². The Kier molecular flexibility index (Phi) is 6.35. The van der Waals surface area contributed by atoms with Crippen molar-refractivity contribution in [1.82, 2.24) is 14.3 Å². The van der Waals surface area contributed by atoms with E-state index in [1.165, 1.54) is 23.9 Å². The highest BCUT2D eigenvalue weighted by Crippen LogP contribution is 2.27. The zero-order valence-electron chi connectivity index (χ0n) is 15.4.